The van der Waals surface area contributed by atoms with Crippen molar-refractivity contribution in [2.75, 3.05) is 19.6 Å². The summed E-state index contributed by atoms with van der Waals surface area (Å²) in [6.07, 6.45) is 1.19. The topological polar surface area (TPSA) is 67.4 Å². The summed E-state index contributed by atoms with van der Waals surface area (Å²) in [5.74, 6) is 1.25. The Labute approximate surface area is 132 Å². The summed E-state index contributed by atoms with van der Waals surface area (Å²) in [7, 11) is 0. The highest BCUT2D eigenvalue weighted by molar-refractivity contribution is 7.11. The highest BCUT2D eigenvalue weighted by atomic mass is 32.1. The molecular formula is C15H16N4O2S. The van der Waals surface area contributed by atoms with Gasteiger partial charge in [-0.05, 0) is 43.1 Å². The monoisotopic (exact) mass is 316 g/mol. The maximum Gasteiger partial charge on any atom is 0.299 e. The first-order valence-corrected chi connectivity index (χ1v) is 8.23. The second-order valence-corrected chi connectivity index (χ2v) is 6.52. The SMILES string of the molecule is O=C(NC1CN2CC[C@H]1C2)c1ccc(Oc2nncs2)cc1. The zero-order valence-electron chi connectivity index (χ0n) is 11.9. The minimum Gasteiger partial charge on any atom is -0.430 e. The lowest BCUT2D eigenvalue weighted by Crippen LogP contribution is -2.43. The number of nitrogens with one attached hydrogen (secondary N) is 1. The number of hydrogen-bond acceptors (Lipinski definition) is 6. The van der Waals surface area contributed by atoms with Crippen LogP contribution in [0.15, 0.2) is 29.8 Å². The molecule has 2 aliphatic heterocycles. The van der Waals surface area contributed by atoms with Gasteiger partial charge in [-0.2, -0.15) is 0 Å². The van der Waals surface area contributed by atoms with Crippen LogP contribution in [0.25, 0.3) is 0 Å². The van der Waals surface area contributed by atoms with E-state index in [1.165, 1.54) is 24.3 Å². The molecule has 2 saturated heterocycles. The summed E-state index contributed by atoms with van der Waals surface area (Å²) >= 11 is 1.33. The molecule has 1 amide bonds. The Bertz CT molecular complexity index is 659. The Hall–Kier alpha value is -1.99. The number of fused-ring (bicyclic) bond motifs is 2. The van der Waals surface area contributed by atoms with Crippen LogP contribution in [0, 0.1) is 5.92 Å². The number of nitrogens with zero attached hydrogens (tertiary/aromatic N) is 3. The van der Waals surface area contributed by atoms with E-state index in [2.05, 4.69) is 20.4 Å². The van der Waals surface area contributed by atoms with Crippen molar-refractivity contribution in [1.82, 2.24) is 20.4 Å². The Kier molecular flexibility index (Phi) is 3.51. The minimum atomic E-state index is -0.0128. The molecule has 1 N–H and O–H groups in total. The van der Waals surface area contributed by atoms with Crippen LogP contribution in [0.1, 0.15) is 16.8 Å². The first kappa shape index (κ1) is 13.7. The van der Waals surface area contributed by atoms with Crippen LogP contribution in [0.2, 0.25) is 0 Å². The van der Waals surface area contributed by atoms with Gasteiger partial charge in [-0.1, -0.05) is 16.4 Å². The van der Waals surface area contributed by atoms with E-state index in [0.29, 0.717) is 28.5 Å². The van der Waals surface area contributed by atoms with Crippen LogP contribution in [0.4, 0.5) is 0 Å². The molecule has 0 aliphatic carbocycles. The van der Waals surface area contributed by atoms with Gasteiger partial charge in [0.1, 0.15) is 11.3 Å². The van der Waals surface area contributed by atoms with Crippen molar-refractivity contribution < 1.29 is 9.53 Å². The van der Waals surface area contributed by atoms with Crippen molar-refractivity contribution in [3.8, 4) is 10.9 Å². The number of piperidine rings is 1. The molecule has 2 aromatic rings. The van der Waals surface area contributed by atoms with E-state index in [0.717, 1.165) is 13.1 Å². The molecule has 3 heterocycles. The van der Waals surface area contributed by atoms with E-state index in [1.54, 1.807) is 29.8 Å². The van der Waals surface area contributed by atoms with Gasteiger partial charge in [-0.25, -0.2) is 0 Å². The lowest BCUT2D eigenvalue weighted by Gasteiger charge is -2.23. The van der Waals surface area contributed by atoms with Gasteiger partial charge >= 0.3 is 0 Å². The second kappa shape index (κ2) is 5.66. The fraction of sp³-hybridized carbons (Fsp3) is 0.400. The quantitative estimate of drug-likeness (QED) is 0.931. The standard InChI is InChI=1S/C15H16N4O2S/c20-14(17-13-8-19-6-5-11(13)7-19)10-1-3-12(4-2-10)21-15-18-16-9-22-15/h1-4,9,11,13H,5-8H2,(H,17,20)/t11-,13?/m0/s1. The smallest absolute Gasteiger partial charge is 0.299 e. The van der Waals surface area contributed by atoms with E-state index in [-0.39, 0.29) is 5.91 Å². The predicted molar refractivity (Wildman–Crippen MR) is 82.2 cm³/mol. The molecule has 2 bridgehead atoms. The summed E-state index contributed by atoms with van der Waals surface area (Å²) in [5.41, 5.74) is 2.27. The number of hydrogen-bond donors (Lipinski definition) is 1. The molecule has 0 radical (unpaired) electrons. The van der Waals surface area contributed by atoms with Crippen LogP contribution in [-0.2, 0) is 0 Å². The molecule has 0 saturated carbocycles. The van der Waals surface area contributed by atoms with Gasteiger partial charge in [0.15, 0.2) is 0 Å². The average Bonchev–Trinajstić information content (AvgIpc) is 3.25. The van der Waals surface area contributed by atoms with Gasteiger partial charge in [0.25, 0.3) is 11.1 Å². The summed E-state index contributed by atoms with van der Waals surface area (Å²) in [6.45, 7) is 3.28. The van der Waals surface area contributed by atoms with Crippen LogP contribution >= 0.6 is 11.3 Å². The first-order chi connectivity index (χ1) is 10.8. The number of carbonyl (C=O) groups excluding carboxylic acids is 1. The number of benzene rings is 1. The highest BCUT2D eigenvalue weighted by Crippen LogP contribution is 2.28. The van der Waals surface area contributed by atoms with Crippen LogP contribution in [0.5, 0.6) is 10.9 Å². The Morgan fingerprint density at radius 3 is 2.82 bits per heavy atom. The summed E-state index contributed by atoms with van der Waals surface area (Å²) < 4.78 is 5.53. The van der Waals surface area contributed by atoms with Gasteiger partial charge in [0.05, 0.1) is 0 Å². The molecule has 6 nitrogen and oxygen atoms in total. The molecule has 7 heteroatoms. The van der Waals surface area contributed by atoms with Gasteiger partial charge < -0.3 is 15.0 Å². The number of carbonyl (C=O) groups is 1. The predicted octanol–water partition coefficient (Wildman–Crippen LogP) is 1.76. The van der Waals surface area contributed by atoms with E-state index in [4.69, 9.17) is 4.74 Å². The number of rotatable bonds is 4. The van der Waals surface area contributed by atoms with Crippen molar-refractivity contribution in [2.45, 2.75) is 12.5 Å². The van der Waals surface area contributed by atoms with Crippen molar-refractivity contribution in [1.29, 1.82) is 0 Å². The first-order valence-electron chi connectivity index (χ1n) is 7.35. The Morgan fingerprint density at radius 1 is 1.32 bits per heavy atom. The molecule has 114 valence electrons. The molecule has 2 fully saturated rings. The molecule has 3 atom stereocenters. The maximum absolute atomic E-state index is 12.3. The van der Waals surface area contributed by atoms with Gasteiger partial charge in [0, 0.05) is 24.7 Å². The van der Waals surface area contributed by atoms with Crippen molar-refractivity contribution in [2.24, 2.45) is 5.92 Å². The van der Waals surface area contributed by atoms with Gasteiger partial charge in [-0.15, -0.1) is 5.10 Å². The lowest BCUT2D eigenvalue weighted by molar-refractivity contribution is 0.0924. The zero-order chi connectivity index (χ0) is 14.9. The maximum atomic E-state index is 12.3. The normalized spacial score (nSPS) is 26.1. The van der Waals surface area contributed by atoms with E-state index in [9.17, 15) is 4.79 Å². The second-order valence-electron chi connectivity index (χ2n) is 5.72. The zero-order valence-corrected chi connectivity index (χ0v) is 12.8. The fourth-order valence-electron chi connectivity index (χ4n) is 3.18. The third-order valence-electron chi connectivity index (χ3n) is 4.31. The molecule has 0 spiro atoms. The van der Waals surface area contributed by atoms with Crippen LogP contribution in [-0.4, -0.2) is 46.7 Å². The number of ether oxygens (including phenoxy) is 1. The third kappa shape index (κ3) is 2.69. The molecule has 1 aromatic heterocycles. The van der Waals surface area contributed by atoms with E-state index in [1.807, 2.05) is 0 Å². The summed E-state index contributed by atoms with van der Waals surface area (Å²) in [6, 6.07) is 7.40. The molecule has 22 heavy (non-hydrogen) atoms. The highest BCUT2D eigenvalue weighted by Gasteiger charge is 2.38. The van der Waals surface area contributed by atoms with Crippen molar-refractivity contribution in [3.63, 3.8) is 0 Å². The van der Waals surface area contributed by atoms with Crippen LogP contribution in [0.3, 0.4) is 0 Å². The van der Waals surface area contributed by atoms with E-state index < -0.39 is 0 Å². The van der Waals surface area contributed by atoms with E-state index >= 15 is 0 Å². The molecular weight excluding hydrogens is 300 g/mol. The Morgan fingerprint density at radius 2 is 2.18 bits per heavy atom. The minimum absolute atomic E-state index is 0.0128. The lowest BCUT2D eigenvalue weighted by atomic mass is 9.99. The van der Waals surface area contributed by atoms with Gasteiger partial charge in [0.2, 0.25) is 0 Å². The molecule has 4 rings (SSSR count). The molecule has 2 aliphatic rings. The summed E-state index contributed by atoms with van der Waals surface area (Å²) in [4.78, 5) is 14.7. The molecule has 2 unspecified atom stereocenters. The van der Waals surface area contributed by atoms with Gasteiger partial charge in [-0.3, -0.25) is 4.79 Å². The number of aromatic nitrogens is 2. The summed E-state index contributed by atoms with van der Waals surface area (Å²) in [5, 5.41) is 11.2. The van der Waals surface area contributed by atoms with Crippen molar-refractivity contribution >= 4 is 17.2 Å². The van der Waals surface area contributed by atoms with Crippen molar-refractivity contribution in [3.05, 3.63) is 35.3 Å². The number of amides is 1. The largest absolute Gasteiger partial charge is 0.430 e. The third-order valence-corrected chi connectivity index (χ3v) is 4.88. The van der Waals surface area contributed by atoms with Crippen LogP contribution < -0.4 is 10.1 Å². The fourth-order valence-corrected chi connectivity index (χ4v) is 3.60. The molecule has 1 aromatic carbocycles. The average molecular weight is 316 g/mol. The Balaban J connectivity index is 1.38.